The van der Waals surface area contributed by atoms with E-state index in [2.05, 4.69) is 20.2 Å². The molecule has 3 aromatic heterocycles. The first-order chi connectivity index (χ1) is 15.2. The SMILES string of the molecule is CCOC(=O)c1c(C)oc2nc(CSc3nnc(CC4CCS(=O)(=O)C4)n3C)nc(N)c12. The molecule has 4 heterocycles. The molecule has 0 amide bonds. The third kappa shape index (κ3) is 4.44. The van der Waals surface area contributed by atoms with Crippen molar-refractivity contribution in [3.05, 3.63) is 23.0 Å². The van der Waals surface area contributed by atoms with Gasteiger partial charge in [-0.1, -0.05) is 11.8 Å². The number of furan rings is 1. The Hall–Kier alpha value is -2.67. The molecule has 0 spiro atoms. The number of nitrogen functional groups attached to an aromatic ring is 1. The highest BCUT2D eigenvalue weighted by molar-refractivity contribution is 7.98. The standard InChI is InChI=1S/C19H24N6O5S2/c1-4-29-18(26)14-10(2)30-17-15(14)16(20)21-12(22-17)8-31-19-24-23-13(25(19)3)7-11-5-6-32(27,28)9-11/h11H,4-9H2,1-3H3,(H2,20,21,22). The lowest BCUT2D eigenvalue weighted by Crippen LogP contribution is -2.11. The van der Waals surface area contributed by atoms with Crippen molar-refractivity contribution >= 4 is 44.5 Å². The van der Waals surface area contributed by atoms with Crippen molar-refractivity contribution in [2.75, 3.05) is 23.8 Å². The average molecular weight is 481 g/mol. The first-order valence-corrected chi connectivity index (χ1v) is 12.9. The smallest absolute Gasteiger partial charge is 0.342 e. The number of anilines is 1. The summed E-state index contributed by atoms with van der Waals surface area (Å²) in [6.45, 7) is 3.60. The van der Waals surface area contributed by atoms with E-state index in [1.807, 2.05) is 11.6 Å². The number of fused-ring (bicyclic) bond motifs is 1. The number of rotatable bonds is 7. The topological polar surface area (TPSA) is 156 Å². The number of nitrogens with two attached hydrogens (primary N) is 1. The number of carbonyl (C=O) groups excluding carboxylic acids is 1. The summed E-state index contributed by atoms with van der Waals surface area (Å²) >= 11 is 1.38. The highest BCUT2D eigenvalue weighted by atomic mass is 32.2. The lowest BCUT2D eigenvalue weighted by Gasteiger charge is -2.07. The molecule has 1 aliphatic rings. The summed E-state index contributed by atoms with van der Waals surface area (Å²) in [5.74, 6) is 2.03. The average Bonchev–Trinajstić information content (AvgIpc) is 3.36. The van der Waals surface area contributed by atoms with Gasteiger partial charge in [0, 0.05) is 13.5 Å². The molecule has 2 N–H and O–H groups in total. The molecule has 172 valence electrons. The first-order valence-electron chi connectivity index (χ1n) is 10.1. The number of ether oxygens (including phenoxy) is 1. The van der Waals surface area contributed by atoms with Crippen molar-refractivity contribution in [2.24, 2.45) is 13.0 Å². The number of aryl methyl sites for hydroxylation is 1. The van der Waals surface area contributed by atoms with Crippen LogP contribution in [0.15, 0.2) is 9.57 Å². The molecule has 3 aromatic rings. The molecule has 1 fully saturated rings. The first kappa shape index (κ1) is 22.5. The molecule has 4 rings (SSSR count). The number of hydrogen-bond acceptors (Lipinski definition) is 11. The van der Waals surface area contributed by atoms with Gasteiger partial charge < -0.3 is 19.5 Å². The minimum Gasteiger partial charge on any atom is -0.462 e. The largest absolute Gasteiger partial charge is 0.462 e. The fourth-order valence-corrected chi connectivity index (χ4v) is 6.41. The normalized spacial score (nSPS) is 17.8. The fraction of sp³-hybridized carbons (Fsp3) is 0.526. The number of carbonyl (C=O) groups is 1. The predicted octanol–water partition coefficient (Wildman–Crippen LogP) is 1.69. The van der Waals surface area contributed by atoms with Crippen LogP contribution in [-0.2, 0) is 33.8 Å². The van der Waals surface area contributed by atoms with E-state index in [0.717, 1.165) is 5.82 Å². The van der Waals surface area contributed by atoms with Gasteiger partial charge in [-0.25, -0.2) is 18.2 Å². The van der Waals surface area contributed by atoms with Crippen molar-refractivity contribution in [1.82, 2.24) is 24.7 Å². The van der Waals surface area contributed by atoms with Gasteiger partial charge in [-0.3, -0.25) is 0 Å². The van der Waals surface area contributed by atoms with Crippen molar-refractivity contribution in [1.29, 1.82) is 0 Å². The molecule has 0 saturated carbocycles. The van der Waals surface area contributed by atoms with Crippen LogP contribution in [0.25, 0.3) is 11.1 Å². The fourth-order valence-electron chi connectivity index (χ4n) is 3.77. The summed E-state index contributed by atoms with van der Waals surface area (Å²) in [6.07, 6.45) is 1.22. The summed E-state index contributed by atoms with van der Waals surface area (Å²) in [5.41, 5.74) is 6.58. The Morgan fingerprint density at radius 3 is 2.81 bits per heavy atom. The Morgan fingerprint density at radius 2 is 2.12 bits per heavy atom. The third-order valence-electron chi connectivity index (χ3n) is 5.33. The Balaban J connectivity index is 1.49. The highest BCUT2D eigenvalue weighted by Crippen LogP contribution is 2.30. The Kier molecular flexibility index (Phi) is 6.12. The summed E-state index contributed by atoms with van der Waals surface area (Å²) in [4.78, 5) is 21.0. The number of esters is 1. The van der Waals surface area contributed by atoms with Gasteiger partial charge in [0.2, 0.25) is 5.71 Å². The van der Waals surface area contributed by atoms with Crippen LogP contribution >= 0.6 is 11.8 Å². The minimum absolute atomic E-state index is 0.0714. The maximum atomic E-state index is 12.2. The second-order valence-corrected chi connectivity index (χ2v) is 10.8. The molecule has 0 bridgehead atoms. The summed E-state index contributed by atoms with van der Waals surface area (Å²) < 4.78 is 35.9. The second kappa shape index (κ2) is 8.70. The quantitative estimate of drug-likeness (QED) is 0.387. The van der Waals surface area contributed by atoms with E-state index in [9.17, 15) is 13.2 Å². The molecule has 13 heteroatoms. The molecule has 1 saturated heterocycles. The lowest BCUT2D eigenvalue weighted by atomic mass is 10.1. The maximum absolute atomic E-state index is 12.2. The monoisotopic (exact) mass is 480 g/mol. The molecule has 32 heavy (non-hydrogen) atoms. The number of hydrogen-bond donors (Lipinski definition) is 1. The number of sulfone groups is 1. The van der Waals surface area contributed by atoms with Crippen LogP contribution < -0.4 is 5.73 Å². The van der Waals surface area contributed by atoms with E-state index in [-0.39, 0.29) is 41.1 Å². The Morgan fingerprint density at radius 1 is 1.34 bits per heavy atom. The van der Waals surface area contributed by atoms with Gasteiger partial charge in [0.25, 0.3) is 0 Å². The van der Waals surface area contributed by atoms with E-state index in [4.69, 9.17) is 14.9 Å². The van der Waals surface area contributed by atoms with Crippen LogP contribution in [0.5, 0.6) is 0 Å². The third-order valence-corrected chi connectivity index (χ3v) is 8.19. The van der Waals surface area contributed by atoms with Gasteiger partial charge in [-0.2, -0.15) is 4.98 Å². The molecule has 0 aliphatic carbocycles. The van der Waals surface area contributed by atoms with Gasteiger partial charge >= 0.3 is 5.97 Å². The van der Waals surface area contributed by atoms with Crippen molar-refractivity contribution in [3.8, 4) is 0 Å². The zero-order valence-electron chi connectivity index (χ0n) is 18.0. The van der Waals surface area contributed by atoms with Crippen molar-refractivity contribution in [2.45, 2.75) is 37.6 Å². The molecule has 1 aliphatic heterocycles. The minimum atomic E-state index is -2.93. The van der Waals surface area contributed by atoms with Crippen LogP contribution in [0.3, 0.4) is 0 Å². The van der Waals surface area contributed by atoms with Gasteiger partial charge in [-0.15, -0.1) is 10.2 Å². The van der Waals surface area contributed by atoms with Gasteiger partial charge in [0.05, 0.1) is 29.3 Å². The zero-order valence-corrected chi connectivity index (χ0v) is 19.6. The van der Waals surface area contributed by atoms with Crippen LogP contribution in [0, 0.1) is 12.8 Å². The number of nitrogens with zero attached hydrogens (tertiary/aromatic N) is 5. The molecule has 1 atom stereocenters. The van der Waals surface area contributed by atoms with Crippen LogP contribution in [0.4, 0.5) is 5.82 Å². The van der Waals surface area contributed by atoms with E-state index in [1.165, 1.54) is 11.8 Å². The molecular weight excluding hydrogens is 456 g/mol. The highest BCUT2D eigenvalue weighted by Gasteiger charge is 2.29. The molecule has 11 nitrogen and oxygen atoms in total. The number of aromatic nitrogens is 5. The van der Waals surface area contributed by atoms with Gasteiger partial charge in [0.15, 0.2) is 15.0 Å². The molecule has 0 aromatic carbocycles. The number of thioether (sulfide) groups is 1. The predicted molar refractivity (Wildman–Crippen MR) is 118 cm³/mol. The van der Waals surface area contributed by atoms with Crippen LogP contribution in [0.1, 0.15) is 41.1 Å². The Bertz CT molecular complexity index is 1280. The van der Waals surface area contributed by atoms with Crippen molar-refractivity contribution < 1.29 is 22.4 Å². The van der Waals surface area contributed by atoms with Crippen molar-refractivity contribution in [3.63, 3.8) is 0 Å². The summed E-state index contributed by atoms with van der Waals surface area (Å²) in [7, 11) is -1.08. The maximum Gasteiger partial charge on any atom is 0.342 e. The van der Waals surface area contributed by atoms with Gasteiger partial charge in [-0.05, 0) is 26.2 Å². The zero-order chi connectivity index (χ0) is 23.0. The van der Waals surface area contributed by atoms with Crippen LogP contribution in [-0.4, -0.2) is 57.2 Å². The van der Waals surface area contributed by atoms with Gasteiger partial charge in [0.1, 0.15) is 28.8 Å². The molecular formula is C19H24N6O5S2. The summed E-state index contributed by atoms with van der Waals surface area (Å²) in [6, 6.07) is 0. The Labute approximate surface area is 189 Å². The van der Waals surface area contributed by atoms with E-state index >= 15 is 0 Å². The van der Waals surface area contributed by atoms with E-state index in [1.54, 1.807) is 13.8 Å². The van der Waals surface area contributed by atoms with E-state index in [0.29, 0.717) is 40.7 Å². The lowest BCUT2D eigenvalue weighted by molar-refractivity contribution is 0.0526. The molecule has 0 radical (unpaired) electrons. The second-order valence-electron chi connectivity index (χ2n) is 7.68. The molecule has 1 unspecified atom stereocenters. The van der Waals surface area contributed by atoms with Crippen LogP contribution in [0.2, 0.25) is 0 Å². The van der Waals surface area contributed by atoms with E-state index < -0.39 is 15.8 Å². The summed E-state index contributed by atoms with van der Waals surface area (Å²) in [5, 5.41) is 9.44.